The molecule has 2 heterocycles. The molecule has 0 spiro atoms. The Morgan fingerprint density at radius 3 is 2.27 bits per heavy atom. The molecule has 140 valence electrons. The molecule has 2 aromatic heterocycles. The fraction of sp³-hybridized carbons (Fsp3) is 0.500. The number of imide groups is 1. The van der Waals surface area contributed by atoms with Crippen LogP contribution in [0.1, 0.15) is 64.9 Å². The van der Waals surface area contributed by atoms with E-state index in [1.165, 1.54) is 5.01 Å². The highest BCUT2D eigenvalue weighted by Gasteiger charge is 2.25. The SMILES string of the molecule is CCCCC(=O)N(C(=O)CCCC)n1c(=S)c(CC)cc2cccnc21. The predicted molar refractivity (Wildman–Crippen MR) is 107 cm³/mol. The van der Waals surface area contributed by atoms with E-state index in [-0.39, 0.29) is 11.8 Å². The van der Waals surface area contributed by atoms with E-state index in [0.717, 1.165) is 43.1 Å². The number of amides is 2. The molecule has 2 amide bonds. The summed E-state index contributed by atoms with van der Waals surface area (Å²) in [5.41, 5.74) is 1.47. The molecule has 2 aromatic rings. The van der Waals surface area contributed by atoms with Crippen LogP contribution in [-0.2, 0) is 16.0 Å². The summed E-state index contributed by atoms with van der Waals surface area (Å²) in [6.45, 7) is 6.06. The number of nitrogens with zero attached hydrogens (tertiary/aromatic N) is 3. The molecule has 0 N–H and O–H groups in total. The number of carbonyl (C=O) groups is 2. The lowest BCUT2D eigenvalue weighted by atomic mass is 10.1. The van der Waals surface area contributed by atoms with Gasteiger partial charge in [-0.25, -0.2) is 9.66 Å². The average molecular weight is 374 g/mol. The van der Waals surface area contributed by atoms with Gasteiger partial charge in [0.25, 0.3) is 0 Å². The minimum atomic E-state index is -0.218. The van der Waals surface area contributed by atoms with Crippen molar-refractivity contribution in [2.24, 2.45) is 0 Å². The fourth-order valence-corrected chi connectivity index (χ4v) is 3.22. The van der Waals surface area contributed by atoms with Gasteiger partial charge in [-0.3, -0.25) is 9.59 Å². The van der Waals surface area contributed by atoms with Crippen LogP contribution in [-0.4, -0.2) is 21.5 Å². The largest absolute Gasteiger partial charge is 0.273 e. The van der Waals surface area contributed by atoms with Crippen LogP contribution in [0.15, 0.2) is 24.4 Å². The summed E-state index contributed by atoms with van der Waals surface area (Å²) in [6.07, 6.45) is 6.28. The van der Waals surface area contributed by atoms with E-state index in [1.54, 1.807) is 10.9 Å². The molecule has 0 aliphatic carbocycles. The van der Waals surface area contributed by atoms with Gasteiger partial charge >= 0.3 is 0 Å². The zero-order chi connectivity index (χ0) is 19.1. The zero-order valence-electron chi connectivity index (χ0n) is 15.8. The summed E-state index contributed by atoms with van der Waals surface area (Å²) in [5, 5.41) is 2.11. The van der Waals surface area contributed by atoms with Crippen LogP contribution in [0.3, 0.4) is 0 Å². The molecule has 6 heteroatoms. The highest BCUT2D eigenvalue weighted by Crippen LogP contribution is 2.19. The number of aromatic nitrogens is 2. The maximum absolute atomic E-state index is 12.9. The minimum Gasteiger partial charge on any atom is -0.273 e. The lowest BCUT2D eigenvalue weighted by Crippen LogP contribution is -2.46. The van der Waals surface area contributed by atoms with E-state index in [9.17, 15) is 9.59 Å². The Labute approximate surface area is 160 Å². The molecular weight excluding hydrogens is 346 g/mol. The van der Waals surface area contributed by atoms with Gasteiger partial charge in [-0.15, -0.1) is 0 Å². The summed E-state index contributed by atoms with van der Waals surface area (Å²) < 4.78 is 2.04. The predicted octanol–water partition coefficient (Wildman–Crippen LogP) is 4.70. The molecule has 5 nitrogen and oxygen atoms in total. The Kier molecular flexibility index (Phi) is 7.45. The van der Waals surface area contributed by atoms with Gasteiger partial charge in [0.1, 0.15) is 4.64 Å². The van der Waals surface area contributed by atoms with Crippen molar-refractivity contribution >= 4 is 35.1 Å². The summed E-state index contributed by atoms with van der Waals surface area (Å²) >= 11 is 5.64. The number of unbranched alkanes of at least 4 members (excludes halogenated alkanes) is 2. The molecule has 0 saturated heterocycles. The number of pyridine rings is 2. The van der Waals surface area contributed by atoms with Crippen molar-refractivity contribution in [3.05, 3.63) is 34.6 Å². The van der Waals surface area contributed by atoms with Crippen molar-refractivity contribution in [1.82, 2.24) is 9.66 Å². The zero-order valence-corrected chi connectivity index (χ0v) is 16.6. The topological polar surface area (TPSA) is 55.2 Å². The fourth-order valence-electron chi connectivity index (χ4n) is 2.85. The lowest BCUT2D eigenvalue weighted by Gasteiger charge is -2.25. The first-order valence-electron chi connectivity index (χ1n) is 9.40. The van der Waals surface area contributed by atoms with E-state index in [4.69, 9.17) is 12.2 Å². The van der Waals surface area contributed by atoms with Gasteiger partial charge < -0.3 is 0 Å². The van der Waals surface area contributed by atoms with Crippen molar-refractivity contribution in [2.45, 2.75) is 65.7 Å². The third-order valence-corrected chi connectivity index (χ3v) is 4.79. The van der Waals surface area contributed by atoms with Crippen LogP contribution in [0.4, 0.5) is 0 Å². The summed E-state index contributed by atoms with van der Waals surface area (Å²) in [7, 11) is 0. The van der Waals surface area contributed by atoms with E-state index in [2.05, 4.69) is 4.98 Å². The first-order chi connectivity index (χ1) is 12.5. The molecule has 0 bridgehead atoms. The van der Waals surface area contributed by atoms with Gasteiger partial charge in [0, 0.05) is 24.4 Å². The summed E-state index contributed by atoms with van der Waals surface area (Å²) in [5.74, 6) is -0.437. The van der Waals surface area contributed by atoms with Crippen molar-refractivity contribution in [3.8, 4) is 0 Å². The smallest absolute Gasteiger partial charge is 0.248 e. The Balaban J connectivity index is 2.66. The maximum Gasteiger partial charge on any atom is 0.248 e. The monoisotopic (exact) mass is 373 g/mol. The Hall–Kier alpha value is -2.08. The van der Waals surface area contributed by atoms with Gasteiger partial charge in [0.05, 0.1) is 0 Å². The molecule has 0 atom stereocenters. The van der Waals surface area contributed by atoms with Crippen molar-refractivity contribution in [2.75, 3.05) is 5.01 Å². The van der Waals surface area contributed by atoms with Crippen LogP contribution in [0, 0.1) is 4.64 Å². The second kappa shape index (κ2) is 9.57. The Bertz CT molecular complexity index is 825. The van der Waals surface area contributed by atoms with Crippen LogP contribution in [0.2, 0.25) is 0 Å². The molecule has 0 aliphatic rings. The van der Waals surface area contributed by atoms with Crippen LogP contribution in [0.5, 0.6) is 0 Å². The van der Waals surface area contributed by atoms with Crippen molar-refractivity contribution in [3.63, 3.8) is 0 Å². The summed E-state index contributed by atoms with van der Waals surface area (Å²) in [4.78, 5) is 30.2. The summed E-state index contributed by atoms with van der Waals surface area (Å²) in [6, 6.07) is 5.77. The normalized spacial score (nSPS) is 10.9. The van der Waals surface area contributed by atoms with E-state index in [0.29, 0.717) is 23.1 Å². The molecular formula is C20H27N3O2S. The first kappa shape index (κ1) is 20.2. The number of fused-ring (bicyclic) bond motifs is 1. The van der Waals surface area contributed by atoms with Gasteiger partial charge in [-0.05, 0) is 43.0 Å². The molecule has 0 unspecified atom stereocenters. The number of rotatable bonds is 8. The molecule has 26 heavy (non-hydrogen) atoms. The average Bonchev–Trinajstić information content (AvgIpc) is 2.66. The van der Waals surface area contributed by atoms with E-state index < -0.39 is 0 Å². The van der Waals surface area contributed by atoms with Gasteiger partial charge in [-0.1, -0.05) is 45.8 Å². The van der Waals surface area contributed by atoms with Crippen LogP contribution < -0.4 is 5.01 Å². The Morgan fingerprint density at radius 1 is 1.12 bits per heavy atom. The molecule has 0 fully saturated rings. The molecule has 2 rings (SSSR count). The van der Waals surface area contributed by atoms with Crippen LogP contribution in [0.25, 0.3) is 11.0 Å². The second-order valence-electron chi connectivity index (χ2n) is 6.36. The number of hydrogen-bond donors (Lipinski definition) is 0. The highest BCUT2D eigenvalue weighted by atomic mass is 32.1. The van der Waals surface area contributed by atoms with Crippen molar-refractivity contribution < 1.29 is 9.59 Å². The van der Waals surface area contributed by atoms with Gasteiger partial charge in [0.2, 0.25) is 11.8 Å². The molecule has 0 saturated carbocycles. The molecule has 0 aliphatic heterocycles. The van der Waals surface area contributed by atoms with Gasteiger partial charge in [-0.2, -0.15) is 5.01 Å². The van der Waals surface area contributed by atoms with Crippen LogP contribution >= 0.6 is 12.2 Å². The third kappa shape index (κ3) is 4.36. The third-order valence-electron chi connectivity index (χ3n) is 4.36. The molecule has 0 aromatic carbocycles. The maximum atomic E-state index is 12.9. The second-order valence-corrected chi connectivity index (χ2v) is 6.75. The quantitative estimate of drug-likeness (QED) is 0.629. The molecule has 0 radical (unpaired) electrons. The lowest BCUT2D eigenvalue weighted by molar-refractivity contribution is -0.129. The van der Waals surface area contributed by atoms with E-state index >= 15 is 0 Å². The standard InChI is InChI=1S/C20H27N3O2S/c1-4-7-11-17(24)22(18(25)12-8-5-2)23-19-16(10-9-13-21-19)14-15(6-3)20(23)26/h9-10,13-14H,4-8,11-12H2,1-3H3. The number of hydrogen-bond acceptors (Lipinski definition) is 4. The number of aryl methyl sites for hydroxylation is 1. The minimum absolute atomic E-state index is 0.218. The van der Waals surface area contributed by atoms with Crippen molar-refractivity contribution in [1.29, 1.82) is 0 Å². The highest BCUT2D eigenvalue weighted by molar-refractivity contribution is 7.71. The van der Waals surface area contributed by atoms with E-state index in [1.807, 2.05) is 39.0 Å². The first-order valence-corrected chi connectivity index (χ1v) is 9.81. The number of carbonyl (C=O) groups excluding carboxylic acids is 2. The van der Waals surface area contributed by atoms with Gasteiger partial charge in [0.15, 0.2) is 5.65 Å². The Morgan fingerprint density at radius 2 is 1.73 bits per heavy atom.